The molecule has 0 saturated heterocycles. The van der Waals surface area contributed by atoms with Crippen LogP contribution < -0.4 is 0 Å². The zero-order chi connectivity index (χ0) is 14.0. The van der Waals surface area contributed by atoms with Gasteiger partial charge in [-0.1, -0.05) is 11.6 Å². The average molecular weight is 293 g/mol. The minimum absolute atomic E-state index is 0.345. The molecule has 3 aliphatic rings. The third kappa shape index (κ3) is 1.65. The molecule has 4 heteroatoms. The molecule has 3 saturated carbocycles. The molecular formula is C16H21ClN2O. The molecule has 4 unspecified atom stereocenters. The molecule has 1 heterocycles. The molecule has 2 bridgehead atoms. The molecule has 20 heavy (non-hydrogen) atoms. The lowest BCUT2D eigenvalue weighted by atomic mass is 9.98. The second-order valence-corrected chi connectivity index (χ2v) is 7.20. The Bertz CT molecular complexity index is 563. The molecule has 0 aliphatic heterocycles. The van der Waals surface area contributed by atoms with Crippen LogP contribution in [0.2, 0.25) is 5.02 Å². The number of nitrogens with zero attached hydrogens (tertiary/aromatic N) is 2. The minimum atomic E-state index is 0.345. The first kappa shape index (κ1) is 12.9. The van der Waals surface area contributed by atoms with Gasteiger partial charge in [-0.15, -0.1) is 0 Å². The second kappa shape index (κ2) is 4.33. The highest BCUT2D eigenvalue weighted by Crippen LogP contribution is 2.69. The monoisotopic (exact) mass is 292 g/mol. The van der Waals surface area contributed by atoms with E-state index in [9.17, 15) is 4.79 Å². The molecule has 1 aromatic heterocycles. The predicted octanol–water partition coefficient (Wildman–Crippen LogP) is 3.27. The summed E-state index contributed by atoms with van der Waals surface area (Å²) in [5.41, 5.74) is 1.77. The third-order valence-electron chi connectivity index (χ3n) is 5.90. The van der Waals surface area contributed by atoms with E-state index in [0.717, 1.165) is 41.6 Å². The third-order valence-corrected chi connectivity index (χ3v) is 6.39. The van der Waals surface area contributed by atoms with Gasteiger partial charge in [0.05, 0.1) is 22.8 Å². The molecule has 3 aliphatic carbocycles. The zero-order valence-corrected chi connectivity index (χ0v) is 12.9. The van der Waals surface area contributed by atoms with E-state index < -0.39 is 0 Å². The molecule has 4 atom stereocenters. The van der Waals surface area contributed by atoms with Gasteiger partial charge in [-0.2, -0.15) is 5.10 Å². The lowest BCUT2D eigenvalue weighted by molar-refractivity contribution is -0.120. The van der Waals surface area contributed by atoms with E-state index in [-0.39, 0.29) is 0 Å². The fraction of sp³-hybridized carbons (Fsp3) is 0.750. The molecule has 3 fully saturated rings. The van der Waals surface area contributed by atoms with Crippen LogP contribution in [0.15, 0.2) is 0 Å². The van der Waals surface area contributed by atoms with Crippen LogP contribution in [0, 0.1) is 36.5 Å². The average Bonchev–Trinajstić information content (AvgIpc) is 2.73. The topological polar surface area (TPSA) is 34.9 Å². The maximum Gasteiger partial charge on any atom is 0.142 e. The highest BCUT2D eigenvalue weighted by Gasteiger charge is 2.66. The first-order chi connectivity index (χ1) is 9.61. The number of carbonyl (C=O) groups excluding carboxylic acids is 1. The van der Waals surface area contributed by atoms with Crippen LogP contribution in [0.1, 0.15) is 37.6 Å². The van der Waals surface area contributed by atoms with E-state index in [4.69, 9.17) is 11.6 Å². The van der Waals surface area contributed by atoms with E-state index in [1.807, 2.05) is 18.5 Å². The maximum atomic E-state index is 12.6. The molecule has 0 spiro atoms. The second-order valence-electron chi connectivity index (χ2n) is 6.82. The fourth-order valence-electron chi connectivity index (χ4n) is 5.08. The molecule has 0 radical (unpaired) electrons. The van der Waals surface area contributed by atoms with Crippen molar-refractivity contribution in [2.45, 2.75) is 46.1 Å². The Kier molecular flexibility index (Phi) is 2.79. The van der Waals surface area contributed by atoms with Gasteiger partial charge < -0.3 is 0 Å². The number of rotatable bonds is 4. The van der Waals surface area contributed by atoms with Crippen molar-refractivity contribution < 1.29 is 4.79 Å². The van der Waals surface area contributed by atoms with E-state index in [1.165, 1.54) is 19.3 Å². The number of fused-ring (bicyclic) bond motifs is 5. The van der Waals surface area contributed by atoms with Crippen LogP contribution in [0.3, 0.4) is 0 Å². The van der Waals surface area contributed by atoms with Crippen LogP contribution in [0.5, 0.6) is 0 Å². The summed E-state index contributed by atoms with van der Waals surface area (Å²) in [5, 5.41) is 5.10. The number of carbonyl (C=O) groups is 1. The number of hydrogen-bond acceptors (Lipinski definition) is 2. The molecule has 0 N–H and O–H groups in total. The zero-order valence-electron chi connectivity index (χ0n) is 12.1. The van der Waals surface area contributed by atoms with Crippen LogP contribution in [-0.4, -0.2) is 15.6 Å². The van der Waals surface area contributed by atoms with E-state index >= 15 is 0 Å². The lowest BCUT2D eigenvalue weighted by Crippen LogP contribution is -2.15. The van der Waals surface area contributed by atoms with Crippen LogP contribution in [0.4, 0.5) is 0 Å². The summed E-state index contributed by atoms with van der Waals surface area (Å²) in [7, 11) is 0. The molecule has 108 valence electrons. The summed E-state index contributed by atoms with van der Waals surface area (Å²) >= 11 is 6.32. The van der Waals surface area contributed by atoms with Crippen LogP contribution in [-0.2, 0) is 17.8 Å². The summed E-state index contributed by atoms with van der Waals surface area (Å²) in [6, 6.07) is 0. The minimum Gasteiger partial charge on any atom is -0.299 e. The van der Waals surface area contributed by atoms with Crippen molar-refractivity contribution in [2.24, 2.45) is 29.6 Å². The van der Waals surface area contributed by atoms with Crippen molar-refractivity contribution in [2.75, 3.05) is 0 Å². The van der Waals surface area contributed by atoms with Gasteiger partial charge in [0.25, 0.3) is 0 Å². The first-order valence-corrected chi connectivity index (χ1v) is 8.24. The Labute approximate surface area is 124 Å². The van der Waals surface area contributed by atoms with Crippen molar-refractivity contribution in [3.63, 3.8) is 0 Å². The Morgan fingerprint density at radius 2 is 2.00 bits per heavy atom. The largest absolute Gasteiger partial charge is 0.299 e. The lowest BCUT2D eigenvalue weighted by Gasteiger charge is -2.09. The number of aromatic nitrogens is 2. The van der Waals surface area contributed by atoms with Crippen molar-refractivity contribution in [3.8, 4) is 0 Å². The highest BCUT2D eigenvalue weighted by atomic mass is 35.5. The van der Waals surface area contributed by atoms with Gasteiger partial charge in [0.15, 0.2) is 0 Å². The molecule has 4 rings (SSSR count). The Hall–Kier alpha value is -0.830. The van der Waals surface area contributed by atoms with E-state index in [1.54, 1.807) is 0 Å². The van der Waals surface area contributed by atoms with Crippen molar-refractivity contribution >= 4 is 17.4 Å². The number of Topliss-reactive ketones (excluding diaryl/α,β-unsaturated/α-hetero) is 1. The van der Waals surface area contributed by atoms with Gasteiger partial charge in [-0.3, -0.25) is 9.48 Å². The normalized spacial score (nSPS) is 37.2. The van der Waals surface area contributed by atoms with Crippen LogP contribution >= 0.6 is 11.6 Å². The van der Waals surface area contributed by atoms with E-state index in [0.29, 0.717) is 23.1 Å². The Balaban J connectivity index is 1.52. The van der Waals surface area contributed by atoms with Crippen molar-refractivity contribution in [1.29, 1.82) is 0 Å². The molecule has 0 amide bonds. The number of ketones is 1. The van der Waals surface area contributed by atoms with Crippen molar-refractivity contribution in [1.82, 2.24) is 9.78 Å². The van der Waals surface area contributed by atoms with Gasteiger partial charge in [0.1, 0.15) is 5.78 Å². The SMILES string of the molecule is CCn1nc(C)c(Cl)c1CC(=O)C1C2C3CCC(C3)C12. The molecule has 1 aromatic rings. The van der Waals surface area contributed by atoms with Gasteiger partial charge in [-0.05, 0) is 56.8 Å². The Morgan fingerprint density at radius 3 is 2.60 bits per heavy atom. The number of halogens is 1. The van der Waals surface area contributed by atoms with Gasteiger partial charge >= 0.3 is 0 Å². The van der Waals surface area contributed by atoms with Crippen LogP contribution in [0.25, 0.3) is 0 Å². The summed E-state index contributed by atoms with van der Waals surface area (Å²) in [4.78, 5) is 12.6. The Morgan fingerprint density at radius 1 is 1.35 bits per heavy atom. The van der Waals surface area contributed by atoms with Gasteiger partial charge in [-0.25, -0.2) is 0 Å². The maximum absolute atomic E-state index is 12.6. The standard InChI is InChI=1S/C16H21ClN2O/c1-3-19-11(16(17)8(2)18-19)7-12(20)15-13-9-4-5-10(6-9)14(13)15/h9-10,13-15H,3-7H2,1-2H3. The van der Waals surface area contributed by atoms with Crippen molar-refractivity contribution in [3.05, 3.63) is 16.4 Å². The number of aryl methyl sites for hydroxylation is 2. The van der Waals surface area contributed by atoms with E-state index in [2.05, 4.69) is 5.10 Å². The summed E-state index contributed by atoms with van der Waals surface area (Å²) < 4.78 is 1.89. The molecule has 0 aromatic carbocycles. The fourth-order valence-corrected chi connectivity index (χ4v) is 5.28. The van der Waals surface area contributed by atoms with Gasteiger partial charge in [0, 0.05) is 12.5 Å². The predicted molar refractivity (Wildman–Crippen MR) is 77.7 cm³/mol. The first-order valence-electron chi connectivity index (χ1n) is 7.86. The van der Waals surface area contributed by atoms with Gasteiger partial charge in [0.2, 0.25) is 0 Å². The molecule has 3 nitrogen and oxygen atoms in total. The summed E-state index contributed by atoms with van der Waals surface area (Å²) in [6.07, 6.45) is 4.60. The summed E-state index contributed by atoms with van der Waals surface area (Å²) in [5.74, 6) is 3.91. The number of hydrogen-bond donors (Lipinski definition) is 0. The smallest absolute Gasteiger partial charge is 0.142 e. The molecular weight excluding hydrogens is 272 g/mol. The highest BCUT2D eigenvalue weighted by molar-refractivity contribution is 6.32. The summed E-state index contributed by atoms with van der Waals surface area (Å²) in [6.45, 7) is 4.73. The quantitative estimate of drug-likeness (QED) is 0.854.